The number of ether oxygens (including phenoxy) is 2. The maximum atomic E-state index is 5.66. The lowest BCUT2D eigenvalue weighted by atomic mass is 10.0. The molecule has 0 bridgehead atoms. The van der Waals surface area contributed by atoms with E-state index in [1.165, 1.54) is 19.3 Å². The van der Waals surface area contributed by atoms with Crippen LogP contribution in [0, 0.1) is 0 Å². The summed E-state index contributed by atoms with van der Waals surface area (Å²) in [7, 11) is 0. The Labute approximate surface area is 178 Å². The van der Waals surface area contributed by atoms with Crippen molar-refractivity contribution < 1.29 is 9.47 Å². The van der Waals surface area contributed by atoms with E-state index in [2.05, 4.69) is 33.4 Å². The smallest absolute Gasteiger partial charge is 0.232 e. The molecular weight excluding hydrogens is 388 g/mol. The summed E-state index contributed by atoms with van der Waals surface area (Å²) in [5.74, 6) is 2.45. The van der Waals surface area contributed by atoms with Crippen molar-refractivity contribution >= 4 is 34.9 Å². The third kappa shape index (κ3) is 5.46. The van der Waals surface area contributed by atoms with Crippen LogP contribution >= 0.6 is 12.2 Å². The lowest BCUT2D eigenvalue weighted by Gasteiger charge is -2.35. The molecule has 160 valence electrons. The number of anilines is 3. The minimum atomic E-state index is 0.236. The van der Waals surface area contributed by atoms with Crippen LogP contribution in [0.25, 0.3) is 0 Å². The SMILES string of the molecule is C[C@@H]1CCCCN1c1cc(N2CCOCC2)nc(NC(=S)NC[C@@H]2CCCO2)n1. The van der Waals surface area contributed by atoms with Gasteiger partial charge in [0.25, 0.3) is 0 Å². The number of nitrogens with zero attached hydrogens (tertiary/aromatic N) is 4. The number of aromatic nitrogens is 2. The predicted molar refractivity (Wildman–Crippen MR) is 119 cm³/mol. The average Bonchev–Trinajstić information content (AvgIpc) is 3.27. The highest BCUT2D eigenvalue weighted by Crippen LogP contribution is 2.27. The lowest BCUT2D eigenvalue weighted by Crippen LogP contribution is -2.40. The van der Waals surface area contributed by atoms with Crippen molar-refractivity contribution in [1.82, 2.24) is 15.3 Å². The molecule has 3 aliphatic rings. The van der Waals surface area contributed by atoms with Crippen LogP contribution in [0.3, 0.4) is 0 Å². The largest absolute Gasteiger partial charge is 0.378 e. The Bertz CT molecular complexity index is 694. The maximum absolute atomic E-state index is 5.66. The first-order valence-corrected chi connectivity index (χ1v) is 11.2. The highest BCUT2D eigenvalue weighted by molar-refractivity contribution is 7.80. The second-order valence-electron chi connectivity index (χ2n) is 8.02. The summed E-state index contributed by atoms with van der Waals surface area (Å²) in [5, 5.41) is 6.98. The Morgan fingerprint density at radius 2 is 1.93 bits per heavy atom. The molecule has 3 aliphatic heterocycles. The third-order valence-corrected chi connectivity index (χ3v) is 6.12. The number of hydrogen-bond acceptors (Lipinski definition) is 7. The van der Waals surface area contributed by atoms with Crippen molar-refractivity contribution in [3.63, 3.8) is 0 Å². The average molecular weight is 421 g/mol. The molecular formula is C20H32N6O2S. The zero-order chi connectivity index (χ0) is 20.1. The van der Waals surface area contributed by atoms with Crippen LogP contribution in [0.1, 0.15) is 39.0 Å². The van der Waals surface area contributed by atoms with E-state index in [0.29, 0.717) is 23.6 Å². The molecule has 0 spiro atoms. The van der Waals surface area contributed by atoms with Crippen LogP contribution in [-0.2, 0) is 9.47 Å². The molecule has 9 heteroatoms. The van der Waals surface area contributed by atoms with Gasteiger partial charge < -0.3 is 29.9 Å². The summed E-state index contributed by atoms with van der Waals surface area (Å²) in [6.07, 6.45) is 6.11. The highest BCUT2D eigenvalue weighted by atomic mass is 32.1. The van der Waals surface area contributed by atoms with Crippen LogP contribution in [0.5, 0.6) is 0 Å². The summed E-state index contributed by atoms with van der Waals surface area (Å²) in [4.78, 5) is 14.2. The molecule has 0 amide bonds. The molecule has 1 aromatic heterocycles. The molecule has 0 radical (unpaired) electrons. The molecule has 4 heterocycles. The lowest BCUT2D eigenvalue weighted by molar-refractivity contribution is 0.114. The van der Waals surface area contributed by atoms with Crippen LogP contribution in [0.4, 0.5) is 17.6 Å². The summed E-state index contributed by atoms with van der Waals surface area (Å²) in [6.45, 7) is 7.99. The first kappa shape index (κ1) is 20.6. The van der Waals surface area contributed by atoms with Crippen molar-refractivity contribution in [1.29, 1.82) is 0 Å². The molecule has 8 nitrogen and oxygen atoms in total. The van der Waals surface area contributed by atoms with Gasteiger partial charge >= 0.3 is 0 Å². The van der Waals surface area contributed by atoms with E-state index >= 15 is 0 Å². The van der Waals surface area contributed by atoms with Gasteiger partial charge in [0, 0.05) is 44.9 Å². The first-order valence-electron chi connectivity index (χ1n) is 10.8. The molecule has 4 rings (SSSR count). The zero-order valence-corrected chi connectivity index (χ0v) is 18.0. The minimum absolute atomic E-state index is 0.236. The van der Waals surface area contributed by atoms with Crippen molar-refractivity contribution in [2.45, 2.75) is 51.2 Å². The van der Waals surface area contributed by atoms with Gasteiger partial charge in [-0.3, -0.25) is 0 Å². The van der Waals surface area contributed by atoms with Gasteiger partial charge in [0.2, 0.25) is 5.95 Å². The second-order valence-corrected chi connectivity index (χ2v) is 8.42. The van der Waals surface area contributed by atoms with Crippen molar-refractivity contribution in [2.75, 3.05) is 61.1 Å². The number of rotatable bonds is 5. The number of morpholine rings is 1. The molecule has 3 saturated heterocycles. The summed E-state index contributed by atoms with van der Waals surface area (Å²) in [6, 6.07) is 2.59. The fraction of sp³-hybridized carbons (Fsp3) is 0.750. The standard InChI is InChI=1S/C20H32N6O2S/c1-15-5-2-3-7-26(15)18-13-17(25-8-11-27-12-9-25)22-19(23-18)24-20(29)21-14-16-6-4-10-28-16/h13,15-16H,2-12,14H2,1H3,(H2,21,22,23,24,29)/t15-,16+/m1/s1. The van der Waals surface area contributed by atoms with Gasteiger partial charge in [-0.25, -0.2) is 0 Å². The Morgan fingerprint density at radius 1 is 1.10 bits per heavy atom. The summed E-state index contributed by atoms with van der Waals surface area (Å²) in [5.41, 5.74) is 0. The summed E-state index contributed by atoms with van der Waals surface area (Å²) >= 11 is 5.49. The van der Waals surface area contributed by atoms with Crippen molar-refractivity contribution in [3.8, 4) is 0 Å². The van der Waals surface area contributed by atoms with Gasteiger partial charge in [0.15, 0.2) is 5.11 Å². The van der Waals surface area contributed by atoms with Crippen molar-refractivity contribution in [2.24, 2.45) is 0 Å². The highest BCUT2D eigenvalue weighted by Gasteiger charge is 2.23. The zero-order valence-electron chi connectivity index (χ0n) is 17.2. The van der Waals surface area contributed by atoms with E-state index in [-0.39, 0.29) is 6.10 Å². The quantitative estimate of drug-likeness (QED) is 0.697. The van der Waals surface area contributed by atoms with Crippen LogP contribution in [0.15, 0.2) is 6.07 Å². The Kier molecular flexibility index (Phi) is 6.99. The number of nitrogens with one attached hydrogen (secondary N) is 2. The fourth-order valence-electron chi connectivity index (χ4n) is 4.18. The van der Waals surface area contributed by atoms with Gasteiger partial charge in [-0.2, -0.15) is 9.97 Å². The van der Waals surface area contributed by atoms with Crippen molar-refractivity contribution in [3.05, 3.63) is 6.07 Å². The van der Waals surface area contributed by atoms with Crippen LogP contribution < -0.4 is 20.4 Å². The topological polar surface area (TPSA) is 74.8 Å². The Balaban J connectivity index is 1.49. The first-order chi connectivity index (χ1) is 14.2. The molecule has 2 N–H and O–H groups in total. The molecule has 29 heavy (non-hydrogen) atoms. The normalized spacial score (nSPS) is 25.1. The van der Waals surface area contributed by atoms with E-state index in [1.54, 1.807) is 0 Å². The predicted octanol–water partition coefficient (Wildman–Crippen LogP) is 2.16. The molecule has 3 fully saturated rings. The van der Waals surface area contributed by atoms with Gasteiger partial charge in [-0.1, -0.05) is 0 Å². The third-order valence-electron chi connectivity index (χ3n) is 5.87. The molecule has 0 saturated carbocycles. The maximum Gasteiger partial charge on any atom is 0.232 e. The van der Waals surface area contributed by atoms with Gasteiger partial charge in [0.1, 0.15) is 11.6 Å². The number of piperidine rings is 1. The minimum Gasteiger partial charge on any atom is -0.378 e. The Hall–Kier alpha value is -1.71. The van der Waals surface area contributed by atoms with E-state index in [1.807, 2.05) is 0 Å². The van der Waals surface area contributed by atoms with Crippen LogP contribution in [0.2, 0.25) is 0 Å². The van der Waals surface area contributed by atoms with E-state index in [0.717, 1.165) is 63.9 Å². The molecule has 0 aromatic carbocycles. The number of thiocarbonyl (C=S) groups is 1. The second kappa shape index (κ2) is 9.86. The number of hydrogen-bond donors (Lipinski definition) is 2. The summed E-state index contributed by atoms with van der Waals surface area (Å²) < 4.78 is 11.2. The van der Waals surface area contributed by atoms with E-state index < -0.39 is 0 Å². The van der Waals surface area contributed by atoms with Gasteiger partial charge in [-0.05, 0) is 51.2 Å². The van der Waals surface area contributed by atoms with Gasteiger partial charge in [0.05, 0.1) is 19.3 Å². The molecule has 0 aliphatic carbocycles. The van der Waals surface area contributed by atoms with E-state index in [9.17, 15) is 0 Å². The van der Waals surface area contributed by atoms with E-state index in [4.69, 9.17) is 31.7 Å². The van der Waals surface area contributed by atoms with Gasteiger partial charge in [-0.15, -0.1) is 0 Å². The molecule has 1 aromatic rings. The van der Waals surface area contributed by atoms with Crippen LogP contribution in [-0.4, -0.2) is 73.2 Å². The molecule has 0 unspecified atom stereocenters. The monoisotopic (exact) mass is 420 g/mol. The fourth-order valence-corrected chi connectivity index (χ4v) is 4.35. The Morgan fingerprint density at radius 3 is 2.69 bits per heavy atom. The molecule has 2 atom stereocenters.